The Hall–Kier alpha value is -2.99. The summed E-state index contributed by atoms with van der Waals surface area (Å²) >= 11 is 3.36. The summed E-state index contributed by atoms with van der Waals surface area (Å²) in [4.78, 5) is 12.5. The van der Waals surface area contributed by atoms with Gasteiger partial charge >= 0.3 is 0 Å². The van der Waals surface area contributed by atoms with Crippen LogP contribution in [0.5, 0.6) is 5.75 Å². The van der Waals surface area contributed by atoms with Crippen LogP contribution >= 0.6 is 15.9 Å². The first kappa shape index (κ1) is 18.8. The van der Waals surface area contributed by atoms with Crippen molar-refractivity contribution in [1.82, 2.24) is 5.43 Å². The number of hydrogen-bond acceptors (Lipinski definition) is 3. The molecule has 0 aliphatic heterocycles. The van der Waals surface area contributed by atoms with Gasteiger partial charge in [-0.2, -0.15) is 5.10 Å². The largest absolute Gasteiger partial charge is 0.488 e. The molecule has 0 aromatic heterocycles. The van der Waals surface area contributed by atoms with E-state index in [4.69, 9.17) is 4.74 Å². The van der Waals surface area contributed by atoms with E-state index in [0.29, 0.717) is 23.5 Å². The normalized spacial score (nSPS) is 10.7. The van der Waals surface area contributed by atoms with Gasteiger partial charge < -0.3 is 4.74 Å². The summed E-state index contributed by atoms with van der Waals surface area (Å²) in [5, 5.41) is 3.92. The van der Waals surface area contributed by atoms with Crippen molar-refractivity contribution in [2.24, 2.45) is 5.10 Å². The highest BCUT2D eigenvalue weighted by molar-refractivity contribution is 9.10. The van der Waals surface area contributed by atoms with Crippen LogP contribution in [0.25, 0.3) is 0 Å². The molecule has 3 aromatic carbocycles. The molecule has 3 rings (SSSR count). The Morgan fingerprint density at radius 2 is 1.81 bits per heavy atom. The monoisotopic (exact) mass is 426 g/mol. The lowest BCUT2D eigenvalue weighted by atomic mass is 10.2. The molecular formula is C21H16BrFN2O2. The molecule has 0 bridgehead atoms. The van der Waals surface area contributed by atoms with Crippen LogP contribution in [0.1, 0.15) is 21.5 Å². The highest BCUT2D eigenvalue weighted by atomic mass is 79.9. The lowest BCUT2D eigenvalue weighted by molar-refractivity contribution is 0.0950. The van der Waals surface area contributed by atoms with Crippen LogP contribution in [0.15, 0.2) is 82.4 Å². The number of rotatable bonds is 6. The minimum Gasteiger partial charge on any atom is -0.488 e. The van der Waals surface area contributed by atoms with E-state index in [-0.39, 0.29) is 5.82 Å². The van der Waals surface area contributed by atoms with Crippen LogP contribution < -0.4 is 10.2 Å². The molecule has 0 fully saturated rings. The fourth-order valence-corrected chi connectivity index (χ4v) is 2.68. The van der Waals surface area contributed by atoms with Crippen LogP contribution in [0.3, 0.4) is 0 Å². The number of hydrazone groups is 1. The average molecular weight is 427 g/mol. The molecule has 27 heavy (non-hydrogen) atoms. The SMILES string of the molecule is O=C(N/N=C\c1ccc(F)cc1)c1cc(Br)ccc1OCc1ccccc1. The van der Waals surface area contributed by atoms with Crippen LogP contribution in [0.2, 0.25) is 0 Å². The van der Waals surface area contributed by atoms with Gasteiger partial charge in [0.05, 0.1) is 11.8 Å². The summed E-state index contributed by atoms with van der Waals surface area (Å²) in [5.74, 6) is -0.278. The fraction of sp³-hybridized carbons (Fsp3) is 0.0476. The van der Waals surface area contributed by atoms with Gasteiger partial charge in [-0.3, -0.25) is 4.79 Å². The Labute approximate surface area is 164 Å². The first-order chi connectivity index (χ1) is 13.1. The Balaban J connectivity index is 1.69. The standard InChI is InChI=1S/C21H16BrFN2O2/c22-17-8-11-20(27-14-16-4-2-1-3-5-16)19(12-17)21(26)25-24-13-15-6-9-18(23)10-7-15/h1-13H,14H2,(H,25,26)/b24-13-. The van der Waals surface area contributed by atoms with Gasteiger partial charge in [0, 0.05) is 4.47 Å². The molecule has 0 spiro atoms. The van der Waals surface area contributed by atoms with E-state index in [1.54, 1.807) is 30.3 Å². The van der Waals surface area contributed by atoms with Gasteiger partial charge in [-0.05, 0) is 41.5 Å². The Morgan fingerprint density at radius 1 is 1.07 bits per heavy atom. The molecule has 6 heteroatoms. The number of nitrogens with zero attached hydrogens (tertiary/aromatic N) is 1. The Morgan fingerprint density at radius 3 is 2.56 bits per heavy atom. The van der Waals surface area contributed by atoms with E-state index in [1.165, 1.54) is 18.3 Å². The third kappa shape index (κ3) is 5.49. The number of nitrogens with one attached hydrogen (secondary N) is 1. The molecule has 136 valence electrons. The van der Waals surface area contributed by atoms with Crippen LogP contribution in [0, 0.1) is 5.82 Å². The quantitative estimate of drug-likeness (QED) is 0.448. The second kappa shape index (κ2) is 9.09. The molecule has 0 aliphatic carbocycles. The minimum absolute atomic E-state index is 0.328. The summed E-state index contributed by atoms with van der Waals surface area (Å²) in [7, 11) is 0. The lowest BCUT2D eigenvalue weighted by Gasteiger charge is -2.11. The van der Waals surface area contributed by atoms with Crippen molar-refractivity contribution in [1.29, 1.82) is 0 Å². The second-order valence-corrected chi connectivity index (χ2v) is 6.58. The van der Waals surface area contributed by atoms with Crippen molar-refractivity contribution in [3.8, 4) is 5.75 Å². The maximum atomic E-state index is 12.9. The van der Waals surface area contributed by atoms with Gasteiger partial charge in [-0.1, -0.05) is 58.4 Å². The molecule has 0 aliphatic rings. The zero-order chi connectivity index (χ0) is 19.1. The molecule has 0 unspecified atom stereocenters. The van der Waals surface area contributed by atoms with Gasteiger partial charge in [0.15, 0.2) is 0 Å². The number of carbonyl (C=O) groups is 1. The summed E-state index contributed by atoms with van der Waals surface area (Å²) in [6.07, 6.45) is 1.44. The summed E-state index contributed by atoms with van der Waals surface area (Å²) in [6.45, 7) is 0.349. The zero-order valence-corrected chi connectivity index (χ0v) is 15.8. The third-order valence-electron chi connectivity index (χ3n) is 3.67. The molecule has 0 radical (unpaired) electrons. The van der Waals surface area contributed by atoms with E-state index in [9.17, 15) is 9.18 Å². The zero-order valence-electron chi connectivity index (χ0n) is 14.2. The van der Waals surface area contributed by atoms with Gasteiger partial charge in [-0.15, -0.1) is 0 Å². The maximum absolute atomic E-state index is 12.9. The Bertz CT molecular complexity index is 944. The number of amides is 1. The number of halogens is 2. The number of hydrogen-bond donors (Lipinski definition) is 1. The third-order valence-corrected chi connectivity index (χ3v) is 4.17. The molecule has 0 heterocycles. The maximum Gasteiger partial charge on any atom is 0.275 e. The first-order valence-corrected chi connectivity index (χ1v) is 8.96. The summed E-state index contributed by atoms with van der Waals surface area (Å²) < 4.78 is 19.5. The highest BCUT2D eigenvalue weighted by Crippen LogP contribution is 2.24. The molecule has 1 N–H and O–H groups in total. The molecule has 4 nitrogen and oxygen atoms in total. The summed E-state index contributed by atoms with van der Waals surface area (Å²) in [6, 6.07) is 20.7. The van der Waals surface area contributed by atoms with Crippen molar-refractivity contribution in [2.45, 2.75) is 6.61 Å². The highest BCUT2D eigenvalue weighted by Gasteiger charge is 2.13. The molecule has 3 aromatic rings. The minimum atomic E-state index is -0.405. The van der Waals surface area contributed by atoms with Gasteiger partial charge in [-0.25, -0.2) is 9.82 Å². The predicted molar refractivity (Wildman–Crippen MR) is 106 cm³/mol. The van der Waals surface area contributed by atoms with Crippen molar-refractivity contribution < 1.29 is 13.9 Å². The van der Waals surface area contributed by atoms with E-state index in [0.717, 1.165) is 10.0 Å². The molecule has 1 amide bonds. The summed E-state index contributed by atoms with van der Waals surface area (Å²) in [5.41, 5.74) is 4.50. The second-order valence-electron chi connectivity index (χ2n) is 5.67. The average Bonchev–Trinajstić information content (AvgIpc) is 2.69. The Kier molecular flexibility index (Phi) is 6.33. The van der Waals surface area contributed by atoms with E-state index < -0.39 is 5.91 Å². The van der Waals surface area contributed by atoms with Gasteiger partial charge in [0.25, 0.3) is 5.91 Å². The molecule has 0 saturated heterocycles. The van der Waals surface area contributed by atoms with Crippen molar-refractivity contribution in [2.75, 3.05) is 0 Å². The fourth-order valence-electron chi connectivity index (χ4n) is 2.32. The van der Waals surface area contributed by atoms with Crippen LogP contribution in [-0.2, 0) is 6.61 Å². The van der Waals surface area contributed by atoms with E-state index in [2.05, 4.69) is 26.5 Å². The van der Waals surface area contributed by atoms with Crippen molar-refractivity contribution in [3.05, 3.63) is 99.8 Å². The number of benzene rings is 3. The topological polar surface area (TPSA) is 50.7 Å². The van der Waals surface area contributed by atoms with Crippen molar-refractivity contribution >= 4 is 28.1 Å². The van der Waals surface area contributed by atoms with Gasteiger partial charge in [0.2, 0.25) is 0 Å². The van der Waals surface area contributed by atoms with Crippen LogP contribution in [0.4, 0.5) is 4.39 Å². The van der Waals surface area contributed by atoms with Gasteiger partial charge in [0.1, 0.15) is 18.2 Å². The lowest BCUT2D eigenvalue weighted by Crippen LogP contribution is -2.18. The van der Waals surface area contributed by atoms with Crippen LogP contribution in [-0.4, -0.2) is 12.1 Å². The predicted octanol–water partition coefficient (Wildman–Crippen LogP) is 4.93. The molecular weight excluding hydrogens is 411 g/mol. The van der Waals surface area contributed by atoms with E-state index in [1.807, 2.05) is 30.3 Å². The van der Waals surface area contributed by atoms with Crippen molar-refractivity contribution in [3.63, 3.8) is 0 Å². The first-order valence-electron chi connectivity index (χ1n) is 8.17. The number of carbonyl (C=O) groups excluding carboxylic acids is 1. The van der Waals surface area contributed by atoms with E-state index >= 15 is 0 Å². The smallest absolute Gasteiger partial charge is 0.275 e. The molecule has 0 saturated carbocycles. The number of ether oxygens (including phenoxy) is 1. The molecule has 0 atom stereocenters.